The molecule has 2 aromatic carbocycles. The normalized spacial score (nSPS) is 33.6. The highest BCUT2D eigenvalue weighted by Crippen LogP contribution is 2.32. The number of hydrogen-bond donors (Lipinski definition) is 24. The third-order valence-electron chi connectivity index (χ3n) is 15.7. The molecule has 0 aliphatic carbocycles. The van der Waals surface area contributed by atoms with Crippen LogP contribution >= 0.6 is 0 Å². The first-order valence-electron chi connectivity index (χ1n) is 27.6. The molecule has 35 heteroatoms. The summed E-state index contributed by atoms with van der Waals surface area (Å²) >= 11 is 0. The number of nitrogens with one attached hydrogen (secondary N) is 9. The molecule has 0 saturated carbocycles. The molecular formula is C52H76N11O24. The van der Waals surface area contributed by atoms with Gasteiger partial charge in [0, 0.05) is 25.4 Å². The Hall–Kier alpha value is -6.43. The molecule has 0 aromatic heterocycles. The predicted molar refractivity (Wildman–Crippen MR) is 290 cm³/mol. The number of nitrogens with two attached hydrogens (primary N) is 1. The standard InChI is InChI=1S/C52H76N11O24/c1-19(21-5-3-2-4-6-21)30(53)45(80)59-24(11-20-7-9-23(10-8-20)83-49-42(78)39(75)43(29(18-68)86-49)87-50-41(77)38(74)36(72)28(17-67)85-50)44(79)61-31(33(69)25-12-56-51(54)60-25)47(82)62-32(46(81)58-22(14-64)15-65)34(70)26-13-57-52(55)63(26)48-40(76)37(73)35(71)27(16-66)84-48/h2-10,19,22,24-43,48-50,64,66-78H,11-14,16-18,53H2,1H3,(H2,55,57)(H,58,81)(H,59,80)(H,61,79)(H,62,82)(H3,54,56,60). The van der Waals surface area contributed by atoms with E-state index >= 15 is 0 Å². The van der Waals surface area contributed by atoms with Crippen LogP contribution in [0.4, 0.5) is 0 Å². The molecule has 25 atom stereocenters. The lowest BCUT2D eigenvalue weighted by atomic mass is 9.93. The van der Waals surface area contributed by atoms with Gasteiger partial charge in [-0.2, -0.15) is 0 Å². The number of guanidine groups is 2. The molecule has 5 aliphatic rings. The van der Waals surface area contributed by atoms with Crippen LogP contribution in [0, 0.1) is 10.8 Å². The topological polar surface area (TPSA) is 576 Å². The second-order valence-corrected chi connectivity index (χ2v) is 21.5. The Morgan fingerprint density at radius 3 is 1.85 bits per heavy atom. The SMILES string of the molecule is CC(c1ccccc1)C(N)C(=O)NC(Cc1ccc(OC2OC(CO)C(OC3OC(CO)C(O)C(O)C3O)C(O)C2O)cc1)C(=O)NC(C(=O)NC(C(=O)NC([C]=O)CO)C(O)C1CNC(=N)N1C1OC(CO)C(O)C(O)C1O)C(O)C1CNC(=N)N1. The molecule has 5 fully saturated rings. The van der Waals surface area contributed by atoms with Crippen LogP contribution in [0.2, 0.25) is 0 Å². The van der Waals surface area contributed by atoms with Crippen molar-refractivity contribution in [3.05, 3.63) is 65.7 Å². The minimum atomic E-state index is -2.29. The number of benzene rings is 2. The van der Waals surface area contributed by atoms with Crippen molar-refractivity contribution in [1.82, 2.24) is 42.1 Å². The lowest BCUT2D eigenvalue weighted by molar-refractivity contribution is -0.352. The van der Waals surface area contributed by atoms with Crippen LogP contribution in [-0.2, 0) is 49.3 Å². The number of aliphatic hydroxyl groups is 14. The van der Waals surface area contributed by atoms with Gasteiger partial charge in [0.15, 0.2) is 24.4 Å². The van der Waals surface area contributed by atoms with Gasteiger partial charge in [-0.3, -0.25) is 34.8 Å². The zero-order valence-electron chi connectivity index (χ0n) is 46.4. The largest absolute Gasteiger partial charge is 0.462 e. The summed E-state index contributed by atoms with van der Waals surface area (Å²) in [6.07, 6.45) is -30.0. The van der Waals surface area contributed by atoms with E-state index in [0.29, 0.717) is 5.56 Å². The Bertz CT molecular complexity index is 2660. The molecule has 5 saturated heterocycles. The third-order valence-corrected chi connectivity index (χ3v) is 15.7. The molecular weight excluding hydrogens is 1160 g/mol. The number of rotatable bonds is 26. The molecule has 25 unspecified atom stereocenters. The van der Waals surface area contributed by atoms with Gasteiger partial charge in [-0.05, 0) is 23.3 Å². The highest BCUT2D eigenvalue weighted by atomic mass is 16.7. The molecule has 2 aromatic rings. The van der Waals surface area contributed by atoms with Gasteiger partial charge in [0.1, 0.15) is 115 Å². The van der Waals surface area contributed by atoms with Crippen molar-refractivity contribution >= 4 is 41.8 Å². The fourth-order valence-corrected chi connectivity index (χ4v) is 10.5. The molecule has 1 radical (unpaired) electrons. The summed E-state index contributed by atoms with van der Waals surface area (Å²) in [7, 11) is 0. The van der Waals surface area contributed by atoms with E-state index in [1.165, 1.54) is 30.6 Å². The van der Waals surface area contributed by atoms with E-state index in [2.05, 4.69) is 37.2 Å². The number of ether oxygens (including phenoxy) is 5. The molecule has 5 heterocycles. The lowest BCUT2D eigenvalue weighted by Crippen LogP contribution is -2.69. The second-order valence-electron chi connectivity index (χ2n) is 21.5. The first-order chi connectivity index (χ1) is 41.4. The summed E-state index contributed by atoms with van der Waals surface area (Å²) in [5, 5.41) is 183. The number of hydrogen-bond acceptors (Lipinski definition) is 27. The van der Waals surface area contributed by atoms with Crippen LogP contribution in [0.25, 0.3) is 0 Å². The number of carbonyl (C=O) groups is 4. The Morgan fingerprint density at radius 1 is 0.678 bits per heavy atom. The molecule has 4 amide bonds. The van der Waals surface area contributed by atoms with Crippen molar-refractivity contribution in [2.24, 2.45) is 5.73 Å². The minimum Gasteiger partial charge on any atom is -0.462 e. The fourth-order valence-electron chi connectivity index (χ4n) is 10.5. The highest BCUT2D eigenvalue weighted by molar-refractivity contribution is 5.96. The molecule has 0 spiro atoms. The van der Waals surface area contributed by atoms with E-state index in [1.54, 1.807) is 37.3 Å². The maximum atomic E-state index is 14.9. The molecule has 7 rings (SSSR count). The second kappa shape index (κ2) is 30.2. The summed E-state index contributed by atoms with van der Waals surface area (Å²) in [5.41, 5.74) is 7.37. The van der Waals surface area contributed by atoms with Crippen molar-refractivity contribution in [3.8, 4) is 5.75 Å². The van der Waals surface area contributed by atoms with Crippen LogP contribution in [-0.4, -0.2) is 304 Å². The maximum absolute atomic E-state index is 14.9. The first-order valence-corrected chi connectivity index (χ1v) is 27.6. The Balaban J connectivity index is 1.15. The van der Waals surface area contributed by atoms with Gasteiger partial charge in [0.25, 0.3) is 0 Å². The third kappa shape index (κ3) is 15.5. The predicted octanol–water partition coefficient (Wildman–Crippen LogP) is -12.4. The molecule has 483 valence electrons. The fraction of sp³-hybridized carbons (Fsp3) is 0.635. The maximum Gasteiger partial charge on any atom is 0.246 e. The van der Waals surface area contributed by atoms with Gasteiger partial charge in [-0.1, -0.05) is 49.4 Å². The monoisotopic (exact) mass is 1240 g/mol. The molecule has 35 nitrogen and oxygen atoms in total. The average molecular weight is 1240 g/mol. The quantitative estimate of drug-likeness (QED) is 0.0416. The summed E-state index contributed by atoms with van der Waals surface area (Å²) in [4.78, 5) is 70.5. The van der Waals surface area contributed by atoms with Crippen molar-refractivity contribution in [2.45, 2.75) is 166 Å². The molecule has 0 bridgehead atoms. The number of nitrogens with zero attached hydrogens (tertiary/aromatic N) is 1. The highest BCUT2D eigenvalue weighted by Gasteiger charge is 2.54. The van der Waals surface area contributed by atoms with E-state index < -0.39 is 221 Å². The zero-order chi connectivity index (χ0) is 63.7. The molecule has 5 aliphatic heterocycles. The number of aliphatic hydroxyl groups excluding tert-OH is 14. The number of carbonyl (C=O) groups excluding carboxylic acids is 5. The van der Waals surface area contributed by atoms with Gasteiger partial charge in [0.2, 0.25) is 36.2 Å². The Labute approximate surface area is 495 Å². The van der Waals surface area contributed by atoms with Crippen LogP contribution in [0.5, 0.6) is 5.75 Å². The smallest absolute Gasteiger partial charge is 0.246 e. The van der Waals surface area contributed by atoms with Crippen molar-refractivity contribution in [2.75, 3.05) is 39.5 Å². The van der Waals surface area contributed by atoms with E-state index in [-0.39, 0.29) is 23.8 Å². The van der Waals surface area contributed by atoms with E-state index in [4.69, 9.17) is 40.2 Å². The molecule has 87 heavy (non-hydrogen) atoms. The summed E-state index contributed by atoms with van der Waals surface area (Å²) in [6, 6.07) is 1.85. The minimum absolute atomic E-state index is 0.0505. The average Bonchev–Trinajstić information content (AvgIpc) is 2.34. The van der Waals surface area contributed by atoms with E-state index in [1.807, 2.05) is 0 Å². The van der Waals surface area contributed by atoms with E-state index in [0.717, 1.165) is 4.90 Å². The van der Waals surface area contributed by atoms with Gasteiger partial charge in [-0.15, -0.1) is 0 Å². The van der Waals surface area contributed by atoms with Gasteiger partial charge in [-0.25, -0.2) is 0 Å². The van der Waals surface area contributed by atoms with Gasteiger partial charge < -0.3 is 143 Å². The van der Waals surface area contributed by atoms with Gasteiger partial charge >= 0.3 is 0 Å². The Morgan fingerprint density at radius 2 is 1.25 bits per heavy atom. The van der Waals surface area contributed by atoms with Crippen molar-refractivity contribution in [1.29, 1.82) is 10.8 Å². The van der Waals surface area contributed by atoms with Gasteiger partial charge in [0.05, 0.1) is 44.6 Å². The van der Waals surface area contributed by atoms with Crippen LogP contribution < -0.4 is 47.7 Å². The zero-order valence-corrected chi connectivity index (χ0v) is 46.4. The Kier molecular flexibility index (Phi) is 23.6. The summed E-state index contributed by atoms with van der Waals surface area (Å²) < 4.78 is 28.2. The van der Waals surface area contributed by atoms with Crippen LogP contribution in [0.15, 0.2) is 54.6 Å². The van der Waals surface area contributed by atoms with Crippen molar-refractivity contribution < 1.29 is 119 Å². The first kappa shape index (κ1) is 68.1. The van der Waals surface area contributed by atoms with Crippen LogP contribution in [0.1, 0.15) is 24.0 Å². The molecule has 25 N–H and O–H groups in total. The van der Waals surface area contributed by atoms with E-state index in [9.17, 15) is 95.5 Å². The summed E-state index contributed by atoms with van der Waals surface area (Å²) in [6.45, 7) is -2.66. The summed E-state index contributed by atoms with van der Waals surface area (Å²) in [5.74, 6) is -6.54. The van der Waals surface area contributed by atoms with Crippen molar-refractivity contribution in [3.63, 3.8) is 0 Å². The van der Waals surface area contributed by atoms with Crippen LogP contribution in [0.3, 0.4) is 0 Å². The lowest BCUT2D eigenvalue weighted by Gasteiger charge is -2.46. The number of amides is 4.